The molecule has 4 atom stereocenters. The highest BCUT2D eigenvalue weighted by atomic mass is 35.5. The van der Waals surface area contributed by atoms with Gasteiger partial charge in [-0.05, 0) is 46.0 Å². The molecule has 4 heterocycles. The summed E-state index contributed by atoms with van der Waals surface area (Å²) in [6, 6.07) is 3.91. The molecule has 3 saturated heterocycles. The Kier molecular flexibility index (Phi) is 4.61. The van der Waals surface area contributed by atoms with Crippen molar-refractivity contribution >= 4 is 23.3 Å². The Morgan fingerprint density at radius 2 is 2.31 bits per heavy atom. The van der Waals surface area contributed by atoms with Gasteiger partial charge in [0.25, 0.3) is 0 Å². The summed E-state index contributed by atoms with van der Waals surface area (Å²) in [7, 11) is 3.82. The lowest BCUT2D eigenvalue weighted by molar-refractivity contribution is -0.122. The number of pyridine rings is 1. The van der Waals surface area contributed by atoms with Crippen molar-refractivity contribution in [2.24, 2.45) is 11.8 Å². The summed E-state index contributed by atoms with van der Waals surface area (Å²) >= 11 is 6.13. The molecule has 3 aliphatic rings. The van der Waals surface area contributed by atoms with Crippen LogP contribution in [-0.2, 0) is 9.53 Å². The normalized spacial score (nSPS) is 32.3. The first kappa shape index (κ1) is 18.0. The summed E-state index contributed by atoms with van der Waals surface area (Å²) in [5, 5.41) is 3.81. The number of anilines is 1. The van der Waals surface area contributed by atoms with Crippen LogP contribution in [0.25, 0.3) is 0 Å². The van der Waals surface area contributed by atoms with Crippen molar-refractivity contribution in [1.82, 2.24) is 15.2 Å². The molecule has 3 fully saturated rings. The number of nitrogens with one attached hydrogen (secondary N) is 1. The molecule has 0 aliphatic carbocycles. The lowest BCUT2D eigenvalue weighted by Gasteiger charge is -2.29. The zero-order valence-electron chi connectivity index (χ0n) is 15.7. The van der Waals surface area contributed by atoms with E-state index >= 15 is 0 Å². The fourth-order valence-corrected chi connectivity index (χ4v) is 5.03. The van der Waals surface area contributed by atoms with Gasteiger partial charge in [-0.15, -0.1) is 0 Å². The molecule has 1 amide bonds. The van der Waals surface area contributed by atoms with Crippen molar-refractivity contribution < 1.29 is 9.53 Å². The van der Waals surface area contributed by atoms with Gasteiger partial charge in [-0.2, -0.15) is 0 Å². The molecule has 7 heteroatoms. The molecule has 26 heavy (non-hydrogen) atoms. The van der Waals surface area contributed by atoms with Gasteiger partial charge in [0.1, 0.15) is 5.82 Å². The fraction of sp³-hybridized carbons (Fsp3) is 0.684. The lowest BCUT2D eigenvalue weighted by Crippen LogP contribution is -2.43. The third-order valence-electron chi connectivity index (χ3n) is 6.11. The minimum Gasteiger partial charge on any atom is -0.369 e. The summed E-state index contributed by atoms with van der Waals surface area (Å²) < 4.78 is 6.46. The van der Waals surface area contributed by atoms with E-state index in [1.165, 1.54) is 0 Å². The van der Waals surface area contributed by atoms with E-state index in [4.69, 9.17) is 16.3 Å². The predicted molar refractivity (Wildman–Crippen MR) is 102 cm³/mol. The molecule has 1 aromatic heterocycles. The van der Waals surface area contributed by atoms with Crippen LogP contribution in [0, 0.1) is 18.8 Å². The van der Waals surface area contributed by atoms with E-state index in [0.29, 0.717) is 29.9 Å². The summed E-state index contributed by atoms with van der Waals surface area (Å²) in [5.74, 6) is 1.88. The van der Waals surface area contributed by atoms with Gasteiger partial charge in [0.2, 0.25) is 5.91 Å². The number of aryl methyl sites for hydroxylation is 1. The first-order valence-corrected chi connectivity index (χ1v) is 9.73. The Bertz CT molecular complexity index is 713. The second-order valence-corrected chi connectivity index (χ2v) is 8.60. The van der Waals surface area contributed by atoms with Crippen LogP contribution in [0.2, 0.25) is 5.02 Å². The molecule has 0 unspecified atom stereocenters. The molecular weight excluding hydrogens is 352 g/mol. The highest BCUT2D eigenvalue weighted by Gasteiger charge is 2.63. The smallest absolute Gasteiger partial charge is 0.234 e. The molecule has 142 valence electrons. The van der Waals surface area contributed by atoms with Crippen molar-refractivity contribution in [2.75, 3.05) is 45.2 Å². The van der Waals surface area contributed by atoms with Gasteiger partial charge in [0, 0.05) is 31.5 Å². The monoisotopic (exact) mass is 378 g/mol. The van der Waals surface area contributed by atoms with E-state index in [0.717, 1.165) is 37.4 Å². The van der Waals surface area contributed by atoms with E-state index in [9.17, 15) is 4.79 Å². The fourth-order valence-electron chi connectivity index (χ4n) is 4.92. The van der Waals surface area contributed by atoms with Gasteiger partial charge in [-0.25, -0.2) is 4.98 Å². The third-order valence-corrected chi connectivity index (χ3v) is 6.51. The standard InChI is InChI=1S/C19H27ClN4O2/c1-12-15(20)4-5-17(22-12)24-9-14-13(8-21-18(25)10-23(2)3)16-6-7-19(14,11-24)26-16/h4-5,13-14,16H,6-11H2,1-3H3,(H,21,25)/t13-,14+,16+,19+/m0/s1. The minimum absolute atomic E-state index is 0.0726. The SMILES string of the molecule is Cc1nc(N2C[C@@H]3[C@H](CNC(=O)CN(C)C)[C@H]4CC[C@]3(C2)O4)ccc1Cl. The Hall–Kier alpha value is -1.37. The second-order valence-electron chi connectivity index (χ2n) is 8.19. The molecular formula is C19H27ClN4O2. The number of nitrogens with zero attached hydrogens (tertiary/aromatic N) is 3. The molecule has 0 saturated carbocycles. The number of rotatable bonds is 5. The van der Waals surface area contributed by atoms with E-state index in [1.807, 2.05) is 38.1 Å². The molecule has 6 nitrogen and oxygen atoms in total. The average Bonchev–Trinajstić information content (AvgIpc) is 3.23. The van der Waals surface area contributed by atoms with Gasteiger partial charge in [-0.3, -0.25) is 4.79 Å². The summed E-state index contributed by atoms with van der Waals surface area (Å²) in [6.07, 6.45) is 2.47. The molecule has 0 radical (unpaired) electrons. The van der Waals surface area contributed by atoms with Crippen LogP contribution in [0.4, 0.5) is 5.82 Å². The van der Waals surface area contributed by atoms with Crippen molar-refractivity contribution in [3.8, 4) is 0 Å². The summed E-state index contributed by atoms with van der Waals surface area (Å²) in [4.78, 5) is 20.9. The van der Waals surface area contributed by atoms with Crippen molar-refractivity contribution in [3.05, 3.63) is 22.8 Å². The number of carbonyl (C=O) groups is 1. The summed E-state index contributed by atoms with van der Waals surface area (Å²) in [5.41, 5.74) is 0.785. The van der Waals surface area contributed by atoms with Crippen LogP contribution in [0.5, 0.6) is 0 Å². The molecule has 4 rings (SSSR count). The molecule has 2 bridgehead atoms. The topological polar surface area (TPSA) is 57.7 Å². The molecule has 3 aliphatic heterocycles. The number of hydrogen-bond donors (Lipinski definition) is 1. The van der Waals surface area contributed by atoms with Gasteiger partial charge in [-0.1, -0.05) is 11.6 Å². The zero-order chi connectivity index (χ0) is 18.5. The summed E-state index contributed by atoms with van der Waals surface area (Å²) in [6.45, 7) is 4.87. The van der Waals surface area contributed by atoms with Crippen molar-refractivity contribution in [3.63, 3.8) is 0 Å². The Morgan fingerprint density at radius 1 is 1.50 bits per heavy atom. The molecule has 1 aromatic rings. The van der Waals surface area contributed by atoms with Gasteiger partial charge >= 0.3 is 0 Å². The number of likely N-dealkylation sites (N-methyl/N-ethyl adjacent to an activating group) is 1. The van der Waals surface area contributed by atoms with E-state index in [-0.39, 0.29) is 17.6 Å². The molecule has 1 N–H and O–H groups in total. The maximum atomic E-state index is 12.0. The molecule has 0 aromatic carbocycles. The maximum absolute atomic E-state index is 12.0. The quantitative estimate of drug-likeness (QED) is 0.845. The number of ether oxygens (including phenoxy) is 1. The maximum Gasteiger partial charge on any atom is 0.234 e. The lowest BCUT2D eigenvalue weighted by atomic mass is 9.73. The average molecular weight is 379 g/mol. The largest absolute Gasteiger partial charge is 0.369 e. The minimum atomic E-state index is -0.0726. The first-order valence-electron chi connectivity index (χ1n) is 9.35. The Balaban J connectivity index is 1.46. The van der Waals surface area contributed by atoms with Crippen molar-refractivity contribution in [1.29, 1.82) is 0 Å². The van der Waals surface area contributed by atoms with Crippen LogP contribution in [0.15, 0.2) is 12.1 Å². The van der Waals surface area contributed by atoms with E-state index in [1.54, 1.807) is 0 Å². The first-order chi connectivity index (χ1) is 12.4. The van der Waals surface area contributed by atoms with Crippen LogP contribution in [-0.4, -0.2) is 67.8 Å². The van der Waals surface area contributed by atoms with E-state index in [2.05, 4.69) is 15.2 Å². The predicted octanol–water partition coefficient (Wildman–Crippen LogP) is 1.71. The Morgan fingerprint density at radius 3 is 3.04 bits per heavy atom. The number of halogens is 1. The van der Waals surface area contributed by atoms with Crippen LogP contribution in [0.1, 0.15) is 18.5 Å². The second kappa shape index (κ2) is 6.66. The molecule has 1 spiro atoms. The zero-order valence-corrected chi connectivity index (χ0v) is 16.4. The van der Waals surface area contributed by atoms with Crippen LogP contribution in [0.3, 0.4) is 0 Å². The number of fused-ring (bicyclic) bond motifs is 1. The van der Waals surface area contributed by atoms with Crippen molar-refractivity contribution in [2.45, 2.75) is 31.5 Å². The van der Waals surface area contributed by atoms with Gasteiger partial charge < -0.3 is 19.9 Å². The van der Waals surface area contributed by atoms with Crippen LogP contribution < -0.4 is 10.2 Å². The number of hydrogen-bond acceptors (Lipinski definition) is 5. The highest BCUT2D eigenvalue weighted by Crippen LogP contribution is 2.55. The number of carbonyl (C=O) groups excluding carboxylic acids is 1. The third kappa shape index (κ3) is 3.08. The highest BCUT2D eigenvalue weighted by molar-refractivity contribution is 6.31. The van der Waals surface area contributed by atoms with E-state index < -0.39 is 0 Å². The van der Waals surface area contributed by atoms with Gasteiger partial charge in [0.15, 0.2) is 0 Å². The van der Waals surface area contributed by atoms with Gasteiger partial charge in [0.05, 0.1) is 29.0 Å². The van der Waals surface area contributed by atoms with Crippen LogP contribution >= 0.6 is 11.6 Å². The number of aromatic nitrogens is 1. The number of amides is 1. The Labute approximate surface area is 159 Å².